The first-order valence-corrected chi connectivity index (χ1v) is 28.7. The lowest BCUT2D eigenvalue weighted by molar-refractivity contribution is -0.167. The third-order valence-electron chi connectivity index (χ3n) is 13.2. The number of hydrogen-bond donors (Lipinski definition) is 0. The second kappa shape index (κ2) is 50.8. The summed E-state index contributed by atoms with van der Waals surface area (Å²) in [6.07, 6.45) is 53.8. The summed E-state index contributed by atoms with van der Waals surface area (Å²) in [5.41, 5.74) is 0. The van der Waals surface area contributed by atoms with Gasteiger partial charge >= 0.3 is 17.9 Å². The SMILES string of the molecule is CCCCCCCCCCCCCCC(=O)OC[C@H](COC(=O)CCCCCCCCCCCCCCCCCCC(C)C)OC(=O)CCCCCCCCCCCCCCC(C)C. The molecule has 0 aliphatic heterocycles. The van der Waals surface area contributed by atoms with Crippen molar-refractivity contribution in [1.82, 2.24) is 0 Å². The molecule has 0 rings (SSSR count). The Balaban J connectivity index is 4.26. The van der Waals surface area contributed by atoms with Gasteiger partial charge in [-0.3, -0.25) is 14.4 Å². The van der Waals surface area contributed by atoms with Crippen molar-refractivity contribution >= 4 is 17.9 Å². The fraction of sp³-hybridized carbons (Fsp3) is 0.948. The van der Waals surface area contributed by atoms with Gasteiger partial charge in [0.05, 0.1) is 0 Å². The minimum absolute atomic E-state index is 0.0627. The lowest BCUT2D eigenvalue weighted by Crippen LogP contribution is -2.30. The van der Waals surface area contributed by atoms with Gasteiger partial charge in [-0.15, -0.1) is 0 Å². The van der Waals surface area contributed by atoms with E-state index in [4.69, 9.17) is 14.2 Å². The van der Waals surface area contributed by atoms with Crippen LogP contribution in [0.3, 0.4) is 0 Å². The second-order valence-corrected chi connectivity index (χ2v) is 20.9. The van der Waals surface area contributed by atoms with Crippen LogP contribution < -0.4 is 0 Å². The molecule has 380 valence electrons. The van der Waals surface area contributed by atoms with Crippen LogP contribution in [0.25, 0.3) is 0 Å². The first-order chi connectivity index (χ1) is 31.2. The number of carbonyl (C=O) groups excluding carboxylic acids is 3. The van der Waals surface area contributed by atoms with Gasteiger partial charge in [0, 0.05) is 19.3 Å². The van der Waals surface area contributed by atoms with Crippen molar-refractivity contribution < 1.29 is 28.6 Å². The summed E-state index contributed by atoms with van der Waals surface area (Å²) >= 11 is 0. The smallest absolute Gasteiger partial charge is 0.306 e. The average molecular weight is 906 g/mol. The molecule has 6 heteroatoms. The minimum Gasteiger partial charge on any atom is -0.462 e. The Labute approximate surface area is 399 Å². The molecule has 0 saturated heterocycles. The van der Waals surface area contributed by atoms with E-state index >= 15 is 0 Å². The molecule has 0 radical (unpaired) electrons. The molecule has 0 amide bonds. The van der Waals surface area contributed by atoms with E-state index in [9.17, 15) is 14.4 Å². The quantitative estimate of drug-likeness (QED) is 0.0344. The molecule has 64 heavy (non-hydrogen) atoms. The highest BCUT2D eigenvalue weighted by Crippen LogP contribution is 2.18. The van der Waals surface area contributed by atoms with E-state index in [1.165, 1.54) is 212 Å². The lowest BCUT2D eigenvalue weighted by Gasteiger charge is -2.18. The zero-order valence-electron chi connectivity index (χ0n) is 43.9. The molecule has 0 aromatic heterocycles. The van der Waals surface area contributed by atoms with E-state index in [0.717, 1.165) is 69.6 Å². The van der Waals surface area contributed by atoms with Crippen LogP contribution in [0.2, 0.25) is 0 Å². The average Bonchev–Trinajstić information content (AvgIpc) is 3.27. The Kier molecular flexibility index (Phi) is 49.6. The first kappa shape index (κ1) is 62.4. The normalized spacial score (nSPS) is 12.0. The zero-order chi connectivity index (χ0) is 46.8. The number of esters is 3. The van der Waals surface area contributed by atoms with Gasteiger partial charge in [0.2, 0.25) is 0 Å². The van der Waals surface area contributed by atoms with Gasteiger partial charge in [-0.1, -0.05) is 285 Å². The molecule has 6 nitrogen and oxygen atoms in total. The predicted octanol–water partition coefficient (Wildman–Crippen LogP) is 18.9. The zero-order valence-corrected chi connectivity index (χ0v) is 43.9. The number of unbranched alkanes of at least 4 members (excludes halogenated alkanes) is 37. The molecular formula is C58H112O6. The summed E-state index contributed by atoms with van der Waals surface area (Å²) in [4.78, 5) is 38.1. The maximum atomic E-state index is 12.8. The fourth-order valence-electron chi connectivity index (χ4n) is 8.87. The van der Waals surface area contributed by atoms with Crippen molar-refractivity contribution in [2.45, 2.75) is 330 Å². The predicted molar refractivity (Wildman–Crippen MR) is 275 cm³/mol. The Morgan fingerprint density at radius 3 is 0.766 bits per heavy atom. The highest BCUT2D eigenvalue weighted by atomic mass is 16.6. The Morgan fingerprint density at radius 2 is 0.516 bits per heavy atom. The van der Waals surface area contributed by atoms with Gasteiger partial charge in [-0.05, 0) is 31.1 Å². The Bertz CT molecular complexity index is 978. The van der Waals surface area contributed by atoms with Crippen LogP contribution in [-0.4, -0.2) is 37.2 Å². The molecule has 0 aromatic rings. The van der Waals surface area contributed by atoms with Crippen molar-refractivity contribution in [1.29, 1.82) is 0 Å². The van der Waals surface area contributed by atoms with Gasteiger partial charge in [0.25, 0.3) is 0 Å². The molecule has 0 bridgehead atoms. The van der Waals surface area contributed by atoms with E-state index in [1.54, 1.807) is 0 Å². The van der Waals surface area contributed by atoms with Crippen LogP contribution in [-0.2, 0) is 28.6 Å². The largest absolute Gasteiger partial charge is 0.462 e. The van der Waals surface area contributed by atoms with Crippen molar-refractivity contribution in [2.75, 3.05) is 13.2 Å². The maximum absolute atomic E-state index is 12.8. The van der Waals surface area contributed by atoms with Crippen molar-refractivity contribution in [3.8, 4) is 0 Å². The first-order valence-electron chi connectivity index (χ1n) is 28.7. The van der Waals surface area contributed by atoms with Gasteiger partial charge in [-0.2, -0.15) is 0 Å². The van der Waals surface area contributed by atoms with Crippen LogP contribution in [0, 0.1) is 11.8 Å². The van der Waals surface area contributed by atoms with Crippen LogP contribution in [0.4, 0.5) is 0 Å². The van der Waals surface area contributed by atoms with E-state index in [0.29, 0.717) is 19.3 Å². The van der Waals surface area contributed by atoms with Crippen LogP contribution in [0.15, 0.2) is 0 Å². The highest BCUT2D eigenvalue weighted by Gasteiger charge is 2.19. The van der Waals surface area contributed by atoms with Gasteiger partial charge in [0.15, 0.2) is 6.10 Å². The summed E-state index contributed by atoms with van der Waals surface area (Å²) in [5, 5.41) is 0. The Hall–Kier alpha value is -1.59. The minimum atomic E-state index is -0.762. The number of carbonyl (C=O) groups is 3. The topological polar surface area (TPSA) is 78.9 Å². The summed E-state index contributed by atoms with van der Waals surface area (Å²) in [6, 6.07) is 0. The molecule has 0 saturated carbocycles. The summed E-state index contributed by atoms with van der Waals surface area (Å²) < 4.78 is 16.9. The molecule has 0 aromatic carbocycles. The third-order valence-corrected chi connectivity index (χ3v) is 13.2. The summed E-state index contributed by atoms with van der Waals surface area (Å²) in [7, 11) is 0. The third kappa shape index (κ3) is 51.4. The molecule has 0 spiro atoms. The second-order valence-electron chi connectivity index (χ2n) is 20.9. The van der Waals surface area contributed by atoms with Crippen LogP contribution >= 0.6 is 0 Å². The van der Waals surface area contributed by atoms with Crippen LogP contribution in [0.1, 0.15) is 324 Å². The van der Waals surface area contributed by atoms with E-state index in [-0.39, 0.29) is 31.1 Å². The summed E-state index contributed by atoms with van der Waals surface area (Å²) in [5.74, 6) is 0.845. The van der Waals surface area contributed by atoms with Gasteiger partial charge < -0.3 is 14.2 Å². The molecule has 0 aliphatic carbocycles. The van der Waals surface area contributed by atoms with E-state index < -0.39 is 6.10 Å². The van der Waals surface area contributed by atoms with Crippen molar-refractivity contribution in [3.05, 3.63) is 0 Å². The molecule has 0 fully saturated rings. The fourth-order valence-corrected chi connectivity index (χ4v) is 8.87. The van der Waals surface area contributed by atoms with Crippen molar-refractivity contribution in [2.24, 2.45) is 11.8 Å². The van der Waals surface area contributed by atoms with Gasteiger partial charge in [-0.25, -0.2) is 0 Å². The van der Waals surface area contributed by atoms with E-state index in [2.05, 4.69) is 34.6 Å². The monoisotopic (exact) mass is 905 g/mol. The Morgan fingerprint density at radius 1 is 0.297 bits per heavy atom. The summed E-state index contributed by atoms with van der Waals surface area (Å²) in [6.45, 7) is 11.4. The van der Waals surface area contributed by atoms with Crippen LogP contribution in [0.5, 0.6) is 0 Å². The molecular weight excluding hydrogens is 793 g/mol. The molecule has 0 heterocycles. The van der Waals surface area contributed by atoms with Crippen molar-refractivity contribution in [3.63, 3.8) is 0 Å². The maximum Gasteiger partial charge on any atom is 0.306 e. The van der Waals surface area contributed by atoms with E-state index in [1.807, 2.05) is 0 Å². The lowest BCUT2D eigenvalue weighted by atomic mass is 10.0. The van der Waals surface area contributed by atoms with Gasteiger partial charge in [0.1, 0.15) is 13.2 Å². The molecule has 1 atom stereocenters. The highest BCUT2D eigenvalue weighted by molar-refractivity contribution is 5.71. The number of ether oxygens (including phenoxy) is 3. The molecule has 0 aliphatic rings. The number of rotatable bonds is 52. The standard InChI is InChI=1S/C58H112O6/c1-6-7-8-9-10-11-12-23-28-33-38-43-48-56(59)62-51-55(64-58(61)50-45-40-35-30-25-20-19-22-27-32-37-42-47-54(4)5)52-63-57(60)49-44-39-34-29-24-18-16-14-13-15-17-21-26-31-36-41-46-53(2)3/h53-55H,6-52H2,1-5H3/t55-/m1/s1. The molecule has 0 unspecified atom stereocenters. The number of hydrogen-bond acceptors (Lipinski definition) is 6. The molecule has 0 N–H and O–H groups in total.